The monoisotopic (exact) mass is 519 g/mol. The molecule has 1 N–H and O–H groups in total. The first-order chi connectivity index (χ1) is 18.2. The summed E-state index contributed by atoms with van der Waals surface area (Å²) in [6.45, 7) is 12.3. The lowest BCUT2D eigenvalue weighted by Gasteiger charge is -2.55. The van der Waals surface area contributed by atoms with Gasteiger partial charge in [0.05, 0.1) is 13.7 Å². The molecule has 0 aliphatic heterocycles. The zero-order valence-electron chi connectivity index (χ0n) is 23.9. The summed E-state index contributed by atoms with van der Waals surface area (Å²) in [5.74, 6) is 2.12. The van der Waals surface area contributed by atoms with Crippen molar-refractivity contribution < 1.29 is 19.1 Å². The van der Waals surface area contributed by atoms with E-state index >= 15 is 0 Å². The fourth-order valence-electron chi connectivity index (χ4n) is 7.93. The molecule has 38 heavy (non-hydrogen) atoms. The Bertz CT molecular complexity index is 1120. The van der Waals surface area contributed by atoms with Gasteiger partial charge in [-0.1, -0.05) is 56.3 Å². The summed E-state index contributed by atoms with van der Waals surface area (Å²) in [6.07, 6.45) is 11.2. The fourth-order valence-corrected chi connectivity index (χ4v) is 7.93. The second-order valence-electron chi connectivity index (χ2n) is 11.9. The SMILES string of the molecule is C=Cc1ccc(C2CC3(C)C(CC[C@@]3(C)COC)C3CCC4=CC(=O)CCC4=C23)cc1.CCNC(=O)OC. The van der Waals surface area contributed by atoms with Gasteiger partial charge < -0.3 is 14.8 Å². The molecule has 4 unspecified atom stereocenters. The highest BCUT2D eigenvalue weighted by molar-refractivity contribution is 5.93. The Morgan fingerprint density at radius 3 is 2.47 bits per heavy atom. The molecule has 0 heterocycles. The Labute approximate surface area is 228 Å². The van der Waals surface area contributed by atoms with Gasteiger partial charge in [0.25, 0.3) is 0 Å². The second-order valence-corrected chi connectivity index (χ2v) is 11.9. The normalized spacial score (nSPS) is 31.7. The molecule has 206 valence electrons. The number of fused-ring (bicyclic) bond motifs is 4. The number of carbonyl (C=O) groups is 2. The Morgan fingerprint density at radius 1 is 1.13 bits per heavy atom. The lowest BCUT2D eigenvalue weighted by Crippen LogP contribution is -2.48. The molecule has 2 fully saturated rings. The summed E-state index contributed by atoms with van der Waals surface area (Å²) in [4.78, 5) is 22.2. The summed E-state index contributed by atoms with van der Waals surface area (Å²) in [5, 5.41) is 2.43. The second kappa shape index (κ2) is 11.6. The maximum absolute atomic E-state index is 12.2. The number of hydrogen-bond donors (Lipinski definition) is 1. The third-order valence-corrected chi connectivity index (χ3v) is 10.1. The van der Waals surface area contributed by atoms with E-state index in [0.29, 0.717) is 30.6 Å². The van der Waals surface area contributed by atoms with E-state index < -0.39 is 0 Å². The van der Waals surface area contributed by atoms with Crippen LogP contribution in [0.4, 0.5) is 4.79 Å². The molecule has 5 atom stereocenters. The van der Waals surface area contributed by atoms with E-state index in [1.54, 1.807) is 5.57 Å². The van der Waals surface area contributed by atoms with Crippen molar-refractivity contribution in [3.05, 3.63) is 64.8 Å². The quantitative estimate of drug-likeness (QED) is 0.445. The zero-order valence-corrected chi connectivity index (χ0v) is 23.9. The molecule has 0 radical (unpaired) electrons. The number of hydrogen-bond acceptors (Lipinski definition) is 4. The van der Waals surface area contributed by atoms with Gasteiger partial charge in [-0.25, -0.2) is 4.79 Å². The first kappa shape index (κ1) is 28.4. The number of alkyl carbamates (subject to hydrolysis) is 1. The topological polar surface area (TPSA) is 64.6 Å². The van der Waals surface area contributed by atoms with Gasteiger partial charge in [-0.2, -0.15) is 0 Å². The van der Waals surface area contributed by atoms with Crippen molar-refractivity contribution in [1.82, 2.24) is 5.32 Å². The summed E-state index contributed by atoms with van der Waals surface area (Å²) in [7, 11) is 3.20. The smallest absolute Gasteiger partial charge is 0.406 e. The van der Waals surface area contributed by atoms with Gasteiger partial charge in [-0.15, -0.1) is 0 Å². The highest BCUT2D eigenvalue weighted by atomic mass is 16.5. The third-order valence-electron chi connectivity index (χ3n) is 10.1. The highest BCUT2D eigenvalue weighted by Crippen LogP contribution is 2.69. The van der Waals surface area contributed by atoms with E-state index in [1.807, 2.05) is 26.2 Å². The fraction of sp³-hybridized carbons (Fsp3) is 0.576. The first-order valence-corrected chi connectivity index (χ1v) is 14.2. The Hall–Kier alpha value is -2.66. The summed E-state index contributed by atoms with van der Waals surface area (Å²) < 4.78 is 10.0. The standard InChI is InChI=1S/C29H36O2.C4H9NO2/c1-5-19-6-8-20(9-7-19)25-17-29(3)26(14-15-28(29,2)18-31-4)24-12-10-21-16-22(30)11-13-23(21)27(24)25;1-3-5-4(6)7-2/h5-9,16,24-26H,1,10-15,17-18H2,2-4H3;3H2,1-2H3,(H,5,6)/t24?,25?,26?,28-,29?;/m0./s1. The van der Waals surface area contributed by atoms with E-state index in [1.165, 1.54) is 55.1 Å². The van der Waals surface area contributed by atoms with Crippen LogP contribution in [-0.2, 0) is 14.3 Å². The maximum atomic E-state index is 12.2. The Morgan fingerprint density at radius 2 is 1.87 bits per heavy atom. The van der Waals surface area contributed by atoms with Crippen LogP contribution in [0.1, 0.15) is 82.8 Å². The molecule has 1 aromatic carbocycles. The van der Waals surface area contributed by atoms with Crippen LogP contribution in [0.15, 0.2) is 53.6 Å². The van der Waals surface area contributed by atoms with Crippen LogP contribution in [0.2, 0.25) is 0 Å². The molecule has 4 aliphatic carbocycles. The summed E-state index contributed by atoms with van der Waals surface area (Å²) in [5.41, 5.74) is 7.66. The average molecular weight is 520 g/mol. The number of nitrogens with one attached hydrogen (secondary N) is 1. The molecule has 0 spiro atoms. The summed E-state index contributed by atoms with van der Waals surface area (Å²) in [6, 6.07) is 9.07. The molecule has 1 amide bonds. The van der Waals surface area contributed by atoms with Crippen molar-refractivity contribution in [2.45, 2.75) is 71.6 Å². The highest BCUT2D eigenvalue weighted by Gasteiger charge is 2.61. The Balaban J connectivity index is 0.000000426. The minimum Gasteiger partial charge on any atom is -0.453 e. The molecule has 2 saturated carbocycles. The van der Waals surface area contributed by atoms with Crippen LogP contribution in [-0.4, -0.2) is 39.2 Å². The molecule has 5 nitrogen and oxygen atoms in total. The van der Waals surface area contributed by atoms with Crippen LogP contribution < -0.4 is 5.32 Å². The molecule has 0 aromatic heterocycles. The lowest BCUT2D eigenvalue weighted by molar-refractivity contribution is -0.114. The van der Waals surface area contributed by atoms with Gasteiger partial charge in [0.2, 0.25) is 0 Å². The predicted octanol–water partition coefficient (Wildman–Crippen LogP) is 7.24. The molecule has 5 heteroatoms. The predicted molar refractivity (Wildman–Crippen MR) is 153 cm³/mol. The van der Waals surface area contributed by atoms with Crippen LogP contribution in [0.5, 0.6) is 0 Å². The number of ketones is 1. The van der Waals surface area contributed by atoms with Crippen molar-refractivity contribution in [1.29, 1.82) is 0 Å². The number of amides is 1. The number of carbonyl (C=O) groups excluding carboxylic acids is 2. The van der Waals surface area contributed by atoms with E-state index in [4.69, 9.17) is 4.74 Å². The number of ether oxygens (including phenoxy) is 2. The van der Waals surface area contributed by atoms with E-state index in [0.717, 1.165) is 25.4 Å². The summed E-state index contributed by atoms with van der Waals surface area (Å²) >= 11 is 0. The molecular formula is C33H45NO4. The molecule has 4 aliphatic rings. The van der Waals surface area contributed by atoms with E-state index in [2.05, 4.69) is 54.7 Å². The third kappa shape index (κ3) is 5.14. The molecule has 1 aromatic rings. The van der Waals surface area contributed by atoms with Crippen molar-refractivity contribution >= 4 is 18.0 Å². The Kier molecular flexibility index (Phi) is 8.66. The number of rotatable bonds is 5. The van der Waals surface area contributed by atoms with Gasteiger partial charge in [-0.3, -0.25) is 4.79 Å². The van der Waals surface area contributed by atoms with Gasteiger partial charge >= 0.3 is 6.09 Å². The molecule has 5 rings (SSSR count). The van der Waals surface area contributed by atoms with Crippen LogP contribution in [0.3, 0.4) is 0 Å². The van der Waals surface area contributed by atoms with Crippen LogP contribution >= 0.6 is 0 Å². The van der Waals surface area contributed by atoms with Crippen molar-refractivity contribution in [2.24, 2.45) is 22.7 Å². The van der Waals surface area contributed by atoms with Gasteiger partial charge in [0.1, 0.15) is 0 Å². The van der Waals surface area contributed by atoms with Crippen molar-refractivity contribution in [3.8, 4) is 0 Å². The van der Waals surface area contributed by atoms with E-state index in [9.17, 15) is 9.59 Å². The zero-order chi connectivity index (χ0) is 27.5. The minimum atomic E-state index is -0.373. The maximum Gasteiger partial charge on any atom is 0.406 e. The number of benzene rings is 1. The number of methoxy groups -OCH3 is 2. The van der Waals surface area contributed by atoms with Crippen LogP contribution in [0, 0.1) is 22.7 Å². The van der Waals surface area contributed by atoms with Crippen molar-refractivity contribution in [2.75, 3.05) is 27.4 Å². The van der Waals surface area contributed by atoms with Gasteiger partial charge in [0, 0.05) is 26.0 Å². The lowest BCUT2D eigenvalue weighted by atomic mass is 9.49. The number of allylic oxidation sites excluding steroid dienone is 4. The largest absolute Gasteiger partial charge is 0.453 e. The molecular weight excluding hydrogens is 474 g/mol. The first-order valence-electron chi connectivity index (χ1n) is 14.2. The minimum absolute atomic E-state index is 0.223. The van der Waals surface area contributed by atoms with Crippen LogP contribution in [0.25, 0.3) is 6.08 Å². The molecule has 0 saturated heterocycles. The van der Waals surface area contributed by atoms with Crippen molar-refractivity contribution in [3.63, 3.8) is 0 Å². The van der Waals surface area contributed by atoms with E-state index in [-0.39, 0.29) is 16.9 Å². The molecule has 0 bridgehead atoms. The average Bonchev–Trinajstić information content (AvgIpc) is 3.18. The van der Waals surface area contributed by atoms with Gasteiger partial charge in [-0.05, 0) is 96.5 Å². The van der Waals surface area contributed by atoms with Gasteiger partial charge in [0.15, 0.2) is 5.78 Å².